The van der Waals surface area contributed by atoms with E-state index in [2.05, 4.69) is 21.8 Å². The second-order valence-corrected chi connectivity index (χ2v) is 7.09. The summed E-state index contributed by atoms with van der Waals surface area (Å²) in [6.45, 7) is 3.95. The number of hydrogen-bond donors (Lipinski definition) is 0. The van der Waals surface area contributed by atoms with Crippen LogP contribution in [0.15, 0.2) is 47.4 Å². The molecular formula is C21H23FN4O2. The van der Waals surface area contributed by atoms with E-state index in [1.54, 1.807) is 10.5 Å². The van der Waals surface area contributed by atoms with E-state index in [0.29, 0.717) is 16.9 Å². The van der Waals surface area contributed by atoms with Crippen LogP contribution in [-0.4, -0.2) is 54.6 Å². The third kappa shape index (κ3) is 3.57. The van der Waals surface area contributed by atoms with Gasteiger partial charge in [0, 0.05) is 37.5 Å². The Morgan fingerprint density at radius 1 is 1.07 bits per heavy atom. The molecule has 0 radical (unpaired) electrons. The second kappa shape index (κ2) is 7.59. The van der Waals surface area contributed by atoms with Gasteiger partial charge in [0.25, 0.3) is 5.56 Å². The number of rotatable bonds is 3. The van der Waals surface area contributed by atoms with Crippen LogP contribution in [0.3, 0.4) is 0 Å². The lowest BCUT2D eigenvalue weighted by Gasteiger charge is -2.23. The van der Waals surface area contributed by atoms with E-state index in [0.717, 1.165) is 38.3 Å². The van der Waals surface area contributed by atoms with Crippen molar-refractivity contribution in [3.63, 3.8) is 0 Å². The normalized spacial score (nSPS) is 15.6. The number of nitrogens with zero attached hydrogens (tertiary/aromatic N) is 4. The Labute approximate surface area is 162 Å². The summed E-state index contributed by atoms with van der Waals surface area (Å²) in [6.07, 6.45) is 2.93. The molecule has 0 unspecified atom stereocenters. The van der Waals surface area contributed by atoms with E-state index in [4.69, 9.17) is 4.74 Å². The topological polar surface area (TPSA) is 50.1 Å². The van der Waals surface area contributed by atoms with Crippen molar-refractivity contribution in [3.8, 4) is 17.0 Å². The van der Waals surface area contributed by atoms with E-state index in [9.17, 15) is 9.18 Å². The molecule has 4 rings (SSSR count). The largest absolute Gasteiger partial charge is 0.494 e. The molecule has 3 aromatic rings. The number of benzene rings is 1. The summed E-state index contributed by atoms with van der Waals surface area (Å²) in [5.41, 5.74) is 2.34. The van der Waals surface area contributed by atoms with Crippen LogP contribution in [0.5, 0.6) is 5.75 Å². The molecule has 0 atom stereocenters. The third-order valence-electron chi connectivity index (χ3n) is 5.18. The van der Waals surface area contributed by atoms with Crippen molar-refractivity contribution in [3.05, 3.63) is 58.8 Å². The summed E-state index contributed by atoms with van der Waals surface area (Å²) in [7, 11) is 3.54. The molecule has 0 bridgehead atoms. The number of methoxy groups -OCH3 is 1. The predicted octanol–water partition coefficient (Wildman–Crippen LogP) is 2.65. The van der Waals surface area contributed by atoms with Crippen LogP contribution in [0, 0.1) is 5.82 Å². The van der Waals surface area contributed by atoms with Crippen LogP contribution in [0.1, 0.15) is 6.42 Å². The zero-order valence-corrected chi connectivity index (χ0v) is 16.1. The minimum atomic E-state index is -0.483. The maximum absolute atomic E-state index is 14.0. The number of ether oxygens (including phenoxy) is 1. The molecule has 0 aliphatic carbocycles. The highest BCUT2D eigenvalue weighted by Crippen LogP contribution is 2.24. The number of likely N-dealkylation sites (N-methyl/N-ethyl adjacent to an activating group) is 1. The Morgan fingerprint density at radius 3 is 2.71 bits per heavy atom. The Kier molecular flexibility index (Phi) is 5.00. The van der Waals surface area contributed by atoms with Crippen molar-refractivity contribution in [1.29, 1.82) is 0 Å². The molecule has 0 amide bonds. The summed E-state index contributed by atoms with van der Waals surface area (Å²) in [6, 6.07) is 9.84. The predicted molar refractivity (Wildman–Crippen MR) is 108 cm³/mol. The molecule has 0 spiro atoms. The Bertz CT molecular complexity index is 1070. The molecule has 0 saturated carbocycles. The maximum atomic E-state index is 14.0. The quantitative estimate of drug-likeness (QED) is 0.697. The molecule has 0 N–H and O–H groups in total. The minimum absolute atomic E-state index is 0.161. The van der Waals surface area contributed by atoms with Gasteiger partial charge in [-0.05, 0) is 50.3 Å². The Morgan fingerprint density at radius 2 is 1.93 bits per heavy atom. The van der Waals surface area contributed by atoms with E-state index in [1.807, 2.05) is 18.3 Å². The monoisotopic (exact) mass is 382 g/mol. The van der Waals surface area contributed by atoms with Gasteiger partial charge in [0.05, 0.1) is 18.5 Å². The molecular weight excluding hydrogens is 359 g/mol. The van der Waals surface area contributed by atoms with Gasteiger partial charge in [0.1, 0.15) is 5.65 Å². The summed E-state index contributed by atoms with van der Waals surface area (Å²) >= 11 is 0. The van der Waals surface area contributed by atoms with Gasteiger partial charge in [-0.1, -0.05) is 0 Å². The Hall–Kier alpha value is -2.93. The summed E-state index contributed by atoms with van der Waals surface area (Å²) in [5, 5.41) is 0. The zero-order valence-electron chi connectivity index (χ0n) is 16.1. The highest BCUT2D eigenvalue weighted by atomic mass is 19.1. The highest BCUT2D eigenvalue weighted by molar-refractivity contribution is 5.63. The van der Waals surface area contributed by atoms with E-state index < -0.39 is 5.82 Å². The summed E-state index contributed by atoms with van der Waals surface area (Å²) < 4.78 is 20.5. The van der Waals surface area contributed by atoms with Gasteiger partial charge in [-0.2, -0.15) is 0 Å². The van der Waals surface area contributed by atoms with Crippen LogP contribution < -0.4 is 15.2 Å². The molecule has 7 heteroatoms. The molecule has 6 nitrogen and oxygen atoms in total. The standard InChI is InChI=1S/C21H23FN4O2/c1-24-8-3-9-25(11-10-24)16-5-7-20-23-18(13-21(27)26(20)14-16)15-4-6-19(28-2)17(22)12-15/h4-7,12-14H,3,8-11H2,1-2H3. The van der Waals surface area contributed by atoms with Gasteiger partial charge in [0.2, 0.25) is 0 Å². The number of fused-ring (bicyclic) bond motifs is 1. The number of hydrogen-bond acceptors (Lipinski definition) is 5. The van der Waals surface area contributed by atoms with Gasteiger partial charge >= 0.3 is 0 Å². The average molecular weight is 382 g/mol. The first-order chi connectivity index (χ1) is 13.5. The van der Waals surface area contributed by atoms with E-state index in [-0.39, 0.29) is 11.3 Å². The number of anilines is 1. The molecule has 1 aliphatic rings. The lowest BCUT2D eigenvalue weighted by atomic mass is 10.1. The van der Waals surface area contributed by atoms with Crippen LogP contribution in [0.2, 0.25) is 0 Å². The van der Waals surface area contributed by atoms with Crippen molar-refractivity contribution >= 4 is 11.3 Å². The van der Waals surface area contributed by atoms with Crippen molar-refractivity contribution in [1.82, 2.24) is 14.3 Å². The molecule has 1 fully saturated rings. The van der Waals surface area contributed by atoms with E-state index in [1.165, 1.54) is 25.3 Å². The molecule has 2 aromatic heterocycles. The van der Waals surface area contributed by atoms with Gasteiger partial charge in [-0.25, -0.2) is 9.37 Å². The third-order valence-corrected chi connectivity index (χ3v) is 5.18. The maximum Gasteiger partial charge on any atom is 0.258 e. The zero-order chi connectivity index (χ0) is 19.7. The van der Waals surface area contributed by atoms with Crippen LogP contribution in [0.4, 0.5) is 10.1 Å². The van der Waals surface area contributed by atoms with Crippen molar-refractivity contribution in [2.45, 2.75) is 6.42 Å². The first-order valence-electron chi connectivity index (χ1n) is 9.36. The van der Waals surface area contributed by atoms with Crippen molar-refractivity contribution < 1.29 is 9.13 Å². The molecule has 1 aromatic carbocycles. The lowest BCUT2D eigenvalue weighted by molar-refractivity contribution is 0.360. The SMILES string of the molecule is COc1ccc(-c2cc(=O)n3cc(N4CCCN(C)CC4)ccc3n2)cc1F. The van der Waals surface area contributed by atoms with Gasteiger partial charge < -0.3 is 14.5 Å². The molecule has 1 aliphatic heterocycles. The summed E-state index contributed by atoms with van der Waals surface area (Å²) in [5.74, 6) is -0.322. The molecule has 146 valence electrons. The van der Waals surface area contributed by atoms with Crippen LogP contribution >= 0.6 is 0 Å². The number of aromatic nitrogens is 2. The van der Waals surface area contributed by atoms with Crippen LogP contribution in [0.25, 0.3) is 16.9 Å². The lowest BCUT2D eigenvalue weighted by Crippen LogP contribution is -2.29. The molecule has 3 heterocycles. The molecule has 1 saturated heterocycles. The van der Waals surface area contributed by atoms with Crippen molar-refractivity contribution in [2.24, 2.45) is 0 Å². The van der Waals surface area contributed by atoms with Crippen LogP contribution in [-0.2, 0) is 0 Å². The second-order valence-electron chi connectivity index (χ2n) is 7.09. The number of halogens is 1. The van der Waals surface area contributed by atoms with E-state index >= 15 is 0 Å². The van der Waals surface area contributed by atoms with Gasteiger partial charge in [-0.15, -0.1) is 0 Å². The smallest absolute Gasteiger partial charge is 0.258 e. The fraction of sp³-hybridized carbons (Fsp3) is 0.333. The highest BCUT2D eigenvalue weighted by Gasteiger charge is 2.14. The molecule has 28 heavy (non-hydrogen) atoms. The minimum Gasteiger partial charge on any atom is -0.494 e. The number of pyridine rings is 1. The van der Waals surface area contributed by atoms with Gasteiger partial charge in [-0.3, -0.25) is 9.20 Å². The fourth-order valence-corrected chi connectivity index (χ4v) is 3.56. The first kappa shape index (κ1) is 18.4. The van der Waals surface area contributed by atoms with Crippen molar-refractivity contribution in [2.75, 3.05) is 45.2 Å². The first-order valence-corrected chi connectivity index (χ1v) is 9.36. The van der Waals surface area contributed by atoms with Gasteiger partial charge in [0.15, 0.2) is 11.6 Å². The fourth-order valence-electron chi connectivity index (χ4n) is 3.56. The average Bonchev–Trinajstić information content (AvgIpc) is 2.92. The Balaban J connectivity index is 1.70. The summed E-state index contributed by atoms with van der Waals surface area (Å²) in [4.78, 5) is 21.9.